The van der Waals surface area contributed by atoms with Crippen molar-refractivity contribution in [3.63, 3.8) is 0 Å². The number of carbonyl (C=O) groups is 2. The second kappa shape index (κ2) is 7.29. The van der Waals surface area contributed by atoms with Crippen LogP contribution >= 0.6 is 11.3 Å². The van der Waals surface area contributed by atoms with Crippen LogP contribution in [0.1, 0.15) is 20.7 Å². The molecule has 2 aromatic carbocycles. The Balaban J connectivity index is 2.01. The smallest absolute Gasteiger partial charge is 0.259 e. The van der Waals surface area contributed by atoms with Gasteiger partial charge in [-0.2, -0.15) is 0 Å². The minimum Gasteiger partial charge on any atom is -0.366 e. The highest BCUT2D eigenvalue weighted by atomic mass is 32.2. The Hall–Kier alpha value is -3.04. The third kappa shape index (κ3) is 3.74. The molecule has 1 heterocycles. The van der Waals surface area contributed by atoms with Crippen LogP contribution in [0.25, 0.3) is 0 Å². The first-order valence-corrected chi connectivity index (χ1v) is 9.90. The number of nitrogens with two attached hydrogens (primary N) is 1. The minimum absolute atomic E-state index is 0.0363. The molecule has 2 amide bonds. The van der Waals surface area contributed by atoms with Crippen molar-refractivity contribution < 1.29 is 22.4 Å². The van der Waals surface area contributed by atoms with E-state index in [1.807, 2.05) is 0 Å². The van der Waals surface area contributed by atoms with Crippen LogP contribution < -0.4 is 11.1 Å². The van der Waals surface area contributed by atoms with Gasteiger partial charge in [0.05, 0.1) is 16.0 Å². The van der Waals surface area contributed by atoms with Crippen LogP contribution in [-0.2, 0) is 9.84 Å². The van der Waals surface area contributed by atoms with Crippen LogP contribution in [0, 0.1) is 5.82 Å². The van der Waals surface area contributed by atoms with Crippen LogP contribution in [-0.4, -0.2) is 20.2 Å². The third-order valence-corrected chi connectivity index (χ3v) is 6.93. The van der Waals surface area contributed by atoms with E-state index in [-0.39, 0.29) is 25.2 Å². The molecule has 0 saturated carbocycles. The van der Waals surface area contributed by atoms with Crippen LogP contribution in [0.3, 0.4) is 0 Å². The lowest BCUT2D eigenvalue weighted by Crippen LogP contribution is -2.17. The maximum absolute atomic E-state index is 13.8. The van der Waals surface area contributed by atoms with E-state index in [0.29, 0.717) is 11.3 Å². The summed E-state index contributed by atoms with van der Waals surface area (Å²) in [7, 11) is -3.90. The maximum Gasteiger partial charge on any atom is 0.259 e. The molecular weight excluding hydrogens is 391 g/mol. The van der Waals surface area contributed by atoms with Crippen LogP contribution in [0.4, 0.5) is 9.39 Å². The summed E-state index contributed by atoms with van der Waals surface area (Å²) < 4.78 is 39.0. The number of hydrogen-bond donors (Lipinski definition) is 2. The van der Waals surface area contributed by atoms with Gasteiger partial charge in [-0.1, -0.05) is 30.3 Å². The first-order valence-electron chi connectivity index (χ1n) is 7.60. The Bertz CT molecular complexity index is 1130. The fourth-order valence-electron chi connectivity index (χ4n) is 2.31. The van der Waals surface area contributed by atoms with Crippen LogP contribution in [0.2, 0.25) is 0 Å². The van der Waals surface area contributed by atoms with Gasteiger partial charge in [0.25, 0.3) is 11.8 Å². The number of sulfone groups is 1. The summed E-state index contributed by atoms with van der Waals surface area (Å²) in [5, 5.41) is 2.30. The van der Waals surface area contributed by atoms with Gasteiger partial charge in [0.1, 0.15) is 15.0 Å². The van der Waals surface area contributed by atoms with Gasteiger partial charge in [-0.15, -0.1) is 11.3 Å². The molecule has 3 aromatic rings. The van der Waals surface area contributed by atoms with Gasteiger partial charge in [0, 0.05) is 0 Å². The highest BCUT2D eigenvalue weighted by molar-refractivity contribution is 7.93. The zero-order chi connectivity index (χ0) is 19.6. The normalized spacial score (nSPS) is 11.1. The minimum atomic E-state index is -3.90. The zero-order valence-electron chi connectivity index (χ0n) is 13.7. The summed E-state index contributed by atoms with van der Waals surface area (Å²) in [4.78, 5) is 24.0. The summed E-state index contributed by atoms with van der Waals surface area (Å²) in [6, 6.07) is 14.0. The second-order valence-corrected chi connectivity index (χ2v) is 8.65. The predicted molar refractivity (Wildman–Crippen MR) is 99.1 cm³/mol. The number of halogens is 1. The fraction of sp³-hybridized carbons (Fsp3) is 0. The van der Waals surface area contributed by atoms with E-state index in [9.17, 15) is 22.4 Å². The lowest BCUT2D eigenvalue weighted by atomic mass is 10.2. The average Bonchev–Trinajstić information content (AvgIpc) is 3.07. The Kier molecular flexibility index (Phi) is 5.06. The number of anilines is 1. The van der Waals surface area contributed by atoms with E-state index in [4.69, 9.17) is 5.73 Å². The molecule has 0 aliphatic carbocycles. The van der Waals surface area contributed by atoms with E-state index in [1.54, 1.807) is 18.2 Å². The number of thiophene rings is 1. The van der Waals surface area contributed by atoms with Crippen LogP contribution in [0.5, 0.6) is 0 Å². The molecule has 0 aliphatic rings. The molecule has 1 aromatic heterocycles. The van der Waals surface area contributed by atoms with Gasteiger partial charge in [0.2, 0.25) is 9.84 Å². The van der Waals surface area contributed by atoms with Gasteiger partial charge in [-0.25, -0.2) is 12.8 Å². The molecule has 0 bridgehead atoms. The molecule has 0 aliphatic heterocycles. The largest absolute Gasteiger partial charge is 0.366 e. The molecule has 9 heteroatoms. The van der Waals surface area contributed by atoms with E-state index < -0.39 is 27.5 Å². The summed E-state index contributed by atoms with van der Waals surface area (Å²) in [6.07, 6.45) is 0. The third-order valence-electron chi connectivity index (χ3n) is 3.64. The molecule has 3 rings (SSSR count). The summed E-state index contributed by atoms with van der Waals surface area (Å²) in [6.45, 7) is 0. The molecule has 0 unspecified atom stereocenters. The van der Waals surface area contributed by atoms with Gasteiger partial charge >= 0.3 is 0 Å². The number of nitrogens with one attached hydrogen (secondary N) is 1. The van der Waals surface area contributed by atoms with Crippen molar-refractivity contribution in [3.8, 4) is 0 Å². The quantitative estimate of drug-likeness (QED) is 0.681. The van der Waals surface area contributed by atoms with Crippen molar-refractivity contribution in [1.82, 2.24) is 0 Å². The molecule has 0 spiro atoms. The van der Waals surface area contributed by atoms with E-state index in [2.05, 4.69) is 5.32 Å². The van der Waals surface area contributed by atoms with Crippen molar-refractivity contribution >= 4 is 38.0 Å². The average molecular weight is 404 g/mol. The molecule has 0 fully saturated rings. The standard InChI is InChI=1S/C18H13FN2O4S2/c19-14-9-5-4-8-12(14)17(23)21-18-13(16(20)22)10-15(26-18)27(24,25)11-6-2-1-3-7-11/h1-10H,(H2,20,22)(H,21,23). The van der Waals surface area contributed by atoms with Crippen LogP contribution in [0.15, 0.2) is 69.8 Å². The first-order chi connectivity index (χ1) is 12.8. The molecule has 0 saturated heterocycles. The summed E-state index contributed by atoms with van der Waals surface area (Å²) in [5.74, 6) is -2.48. The van der Waals surface area contributed by atoms with Gasteiger partial charge in [0.15, 0.2) is 0 Å². The number of benzene rings is 2. The lowest BCUT2D eigenvalue weighted by molar-refractivity contribution is 0.100. The Morgan fingerprint density at radius 1 is 0.963 bits per heavy atom. The Morgan fingerprint density at radius 2 is 1.59 bits per heavy atom. The lowest BCUT2D eigenvalue weighted by Gasteiger charge is -2.05. The summed E-state index contributed by atoms with van der Waals surface area (Å²) in [5.41, 5.74) is 4.89. The highest BCUT2D eigenvalue weighted by Gasteiger charge is 2.25. The SMILES string of the molecule is NC(=O)c1cc(S(=O)(=O)c2ccccc2)sc1NC(=O)c1ccccc1F. The first kappa shape index (κ1) is 18.7. The fourth-order valence-corrected chi connectivity index (χ4v) is 5.10. The second-order valence-electron chi connectivity index (χ2n) is 5.42. The van der Waals surface area contributed by atoms with E-state index in [0.717, 1.165) is 12.1 Å². The van der Waals surface area contributed by atoms with Gasteiger partial charge in [-0.3, -0.25) is 9.59 Å². The number of hydrogen-bond acceptors (Lipinski definition) is 5. The number of primary amides is 1. The topological polar surface area (TPSA) is 106 Å². The van der Waals surface area contributed by atoms with E-state index in [1.165, 1.54) is 30.3 Å². The highest BCUT2D eigenvalue weighted by Crippen LogP contribution is 2.34. The van der Waals surface area contributed by atoms with Gasteiger partial charge < -0.3 is 11.1 Å². The number of amides is 2. The maximum atomic E-state index is 13.8. The zero-order valence-corrected chi connectivity index (χ0v) is 15.3. The molecule has 0 atom stereocenters. The molecule has 0 radical (unpaired) electrons. The predicted octanol–water partition coefficient (Wildman–Crippen LogP) is 3.07. The van der Waals surface area contributed by atoms with E-state index >= 15 is 0 Å². The monoisotopic (exact) mass is 404 g/mol. The van der Waals surface area contributed by atoms with Crippen molar-refractivity contribution in [2.45, 2.75) is 9.10 Å². The molecular formula is C18H13FN2O4S2. The Labute approximate surface area is 158 Å². The van der Waals surface area contributed by atoms with Crippen molar-refractivity contribution in [3.05, 3.63) is 77.6 Å². The molecule has 6 nitrogen and oxygen atoms in total. The molecule has 3 N–H and O–H groups in total. The molecule has 27 heavy (non-hydrogen) atoms. The molecule has 138 valence electrons. The van der Waals surface area contributed by atoms with Gasteiger partial charge in [-0.05, 0) is 30.3 Å². The Morgan fingerprint density at radius 3 is 2.22 bits per heavy atom. The van der Waals surface area contributed by atoms with Crippen molar-refractivity contribution in [1.29, 1.82) is 0 Å². The van der Waals surface area contributed by atoms with Crippen molar-refractivity contribution in [2.75, 3.05) is 5.32 Å². The number of rotatable bonds is 5. The number of carbonyl (C=O) groups excluding carboxylic acids is 2. The van der Waals surface area contributed by atoms with Crippen molar-refractivity contribution in [2.24, 2.45) is 5.73 Å². The summed E-state index contributed by atoms with van der Waals surface area (Å²) >= 11 is 0.675.